The van der Waals surface area contributed by atoms with E-state index in [0.717, 1.165) is 17.7 Å². The third-order valence-corrected chi connectivity index (χ3v) is 2.57. The second-order valence-corrected chi connectivity index (χ2v) is 4.43. The molecule has 0 amide bonds. The summed E-state index contributed by atoms with van der Waals surface area (Å²) in [6, 6.07) is 5.19. The molecule has 18 heavy (non-hydrogen) atoms. The zero-order chi connectivity index (χ0) is 13.8. The Morgan fingerprint density at radius 3 is 2.61 bits per heavy atom. The highest BCUT2D eigenvalue weighted by Gasteiger charge is 2.30. The summed E-state index contributed by atoms with van der Waals surface area (Å²) in [5.41, 5.74) is 3.51. The first kappa shape index (κ1) is 14.7. The summed E-state index contributed by atoms with van der Waals surface area (Å²) in [5, 5.41) is 0. The Labute approximate surface area is 105 Å². The first-order valence-corrected chi connectivity index (χ1v) is 5.59. The van der Waals surface area contributed by atoms with Gasteiger partial charge in [0.1, 0.15) is 0 Å². The lowest BCUT2D eigenvalue weighted by atomic mass is 9.99. The minimum Gasteiger partial charge on any atom is -0.271 e. The van der Waals surface area contributed by atoms with Gasteiger partial charge in [-0.3, -0.25) is 11.3 Å². The van der Waals surface area contributed by atoms with E-state index in [1.807, 2.05) is 6.92 Å². The largest absolute Gasteiger partial charge is 0.416 e. The van der Waals surface area contributed by atoms with Gasteiger partial charge < -0.3 is 0 Å². The van der Waals surface area contributed by atoms with Crippen molar-refractivity contribution in [3.05, 3.63) is 47.5 Å². The molecule has 0 saturated heterocycles. The van der Waals surface area contributed by atoms with Gasteiger partial charge in [-0.25, -0.2) is 0 Å². The molecule has 0 aliphatic rings. The number of halogens is 3. The summed E-state index contributed by atoms with van der Waals surface area (Å²) >= 11 is 0. The van der Waals surface area contributed by atoms with Gasteiger partial charge in [0.05, 0.1) is 5.56 Å². The molecule has 2 nitrogen and oxygen atoms in total. The number of nitrogens with one attached hydrogen (secondary N) is 1. The molecule has 0 aliphatic heterocycles. The van der Waals surface area contributed by atoms with Gasteiger partial charge in [-0.1, -0.05) is 23.8 Å². The number of hydrogen-bond donors (Lipinski definition) is 2. The van der Waals surface area contributed by atoms with Crippen molar-refractivity contribution in [2.24, 2.45) is 5.84 Å². The van der Waals surface area contributed by atoms with Gasteiger partial charge in [-0.05, 0) is 31.4 Å². The Morgan fingerprint density at radius 1 is 1.44 bits per heavy atom. The van der Waals surface area contributed by atoms with Gasteiger partial charge >= 0.3 is 6.18 Å². The second kappa shape index (κ2) is 6.02. The third-order valence-electron chi connectivity index (χ3n) is 2.57. The van der Waals surface area contributed by atoms with Crippen LogP contribution in [0, 0.1) is 0 Å². The van der Waals surface area contributed by atoms with Crippen LogP contribution in [0.2, 0.25) is 0 Å². The predicted molar refractivity (Wildman–Crippen MR) is 65.7 cm³/mol. The van der Waals surface area contributed by atoms with Crippen LogP contribution in [0.25, 0.3) is 0 Å². The van der Waals surface area contributed by atoms with E-state index in [0.29, 0.717) is 18.4 Å². The molecule has 100 valence electrons. The van der Waals surface area contributed by atoms with Gasteiger partial charge in [0.25, 0.3) is 0 Å². The molecule has 1 aromatic rings. The maximum atomic E-state index is 12.5. The van der Waals surface area contributed by atoms with Crippen LogP contribution in [-0.2, 0) is 12.6 Å². The van der Waals surface area contributed by atoms with E-state index in [4.69, 9.17) is 5.84 Å². The average molecular weight is 258 g/mol. The first-order valence-electron chi connectivity index (χ1n) is 5.59. The van der Waals surface area contributed by atoms with Crippen molar-refractivity contribution >= 4 is 0 Å². The molecule has 0 aliphatic carbocycles. The van der Waals surface area contributed by atoms with E-state index in [1.165, 1.54) is 6.07 Å². The molecule has 1 rings (SSSR count). The fourth-order valence-corrected chi connectivity index (χ4v) is 1.77. The zero-order valence-electron chi connectivity index (χ0n) is 10.2. The summed E-state index contributed by atoms with van der Waals surface area (Å²) in [7, 11) is 0. The Balaban J connectivity index is 2.81. The normalized spacial score (nSPS) is 13.4. The van der Waals surface area contributed by atoms with Crippen molar-refractivity contribution in [3.63, 3.8) is 0 Å². The number of alkyl halides is 3. The summed E-state index contributed by atoms with van der Waals surface area (Å²) in [6.07, 6.45) is -3.24. The van der Waals surface area contributed by atoms with Crippen LogP contribution in [0.15, 0.2) is 36.4 Å². The minimum absolute atomic E-state index is 0.106. The van der Waals surface area contributed by atoms with Crippen molar-refractivity contribution in [1.29, 1.82) is 0 Å². The quantitative estimate of drug-likeness (QED) is 0.484. The molecule has 0 radical (unpaired) electrons. The Bertz CT molecular complexity index is 413. The average Bonchev–Trinajstić information content (AvgIpc) is 2.26. The van der Waals surface area contributed by atoms with Crippen LogP contribution in [0.1, 0.15) is 24.5 Å². The lowest BCUT2D eigenvalue weighted by Crippen LogP contribution is -2.36. The van der Waals surface area contributed by atoms with Crippen molar-refractivity contribution in [3.8, 4) is 0 Å². The van der Waals surface area contributed by atoms with Crippen LogP contribution in [0.5, 0.6) is 0 Å². The van der Waals surface area contributed by atoms with Crippen LogP contribution < -0.4 is 11.3 Å². The monoisotopic (exact) mass is 258 g/mol. The van der Waals surface area contributed by atoms with E-state index in [9.17, 15) is 13.2 Å². The van der Waals surface area contributed by atoms with Gasteiger partial charge in [0, 0.05) is 6.04 Å². The lowest BCUT2D eigenvalue weighted by molar-refractivity contribution is -0.137. The third kappa shape index (κ3) is 4.50. The van der Waals surface area contributed by atoms with Crippen LogP contribution in [0.4, 0.5) is 13.2 Å². The fourth-order valence-electron chi connectivity index (χ4n) is 1.77. The molecule has 5 heteroatoms. The van der Waals surface area contributed by atoms with E-state index in [1.54, 1.807) is 6.07 Å². The highest BCUT2D eigenvalue weighted by atomic mass is 19.4. The van der Waals surface area contributed by atoms with E-state index in [2.05, 4.69) is 12.0 Å². The molecule has 1 atom stereocenters. The Hall–Kier alpha value is -1.33. The van der Waals surface area contributed by atoms with E-state index >= 15 is 0 Å². The van der Waals surface area contributed by atoms with Crippen LogP contribution in [0.3, 0.4) is 0 Å². The summed E-state index contributed by atoms with van der Waals surface area (Å²) in [6.45, 7) is 5.62. The molecule has 0 saturated carbocycles. The molecule has 0 aromatic heterocycles. The fraction of sp³-hybridized carbons (Fsp3) is 0.385. The highest BCUT2D eigenvalue weighted by Crippen LogP contribution is 2.29. The lowest BCUT2D eigenvalue weighted by Gasteiger charge is -2.16. The summed E-state index contributed by atoms with van der Waals surface area (Å²) in [5.74, 6) is 5.38. The van der Waals surface area contributed by atoms with Crippen molar-refractivity contribution in [2.45, 2.75) is 32.0 Å². The summed E-state index contributed by atoms with van der Waals surface area (Å²) < 4.78 is 37.6. The van der Waals surface area contributed by atoms with Gasteiger partial charge in [-0.2, -0.15) is 13.2 Å². The molecule has 0 bridgehead atoms. The number of nitrogens with two attached hydrogens (primary N) is 1. The molecule has 1 aromatic carbocycles. The molecule has 3 N–H and O–H groups in total. The summed E-state index contributed by atoms with van der Waals surface area (Å²) in [4.78, 5) is 0. The van der Waals surface area contributed by atoms with Gasteiger partial charge in [-0.15, -0.1) is 6.58 Å². The minimum atomic E-state index is -4.31. The number of hydrazine groups is 1. The van der Waals surface area contributed by atoms with E-state index in [-0.39, 0.29) is 6.04 Å². The Morgan fingerprint density at radius 2 is 2.11 bits per heavy atom. The SMILES string of the molecule is C=C(C)CC(Cc1cccc(C(F)(F)F)c1)NN. The van der Waals surface area contributed by atoms with Crippen LogP contribution in [-0.4, -0.2) is 6.04 Å². The number of rotatable bonds is 5. The van der Waals surface area contributed by atoms with Crippen molar-refractivity contribution < 1.29 is 13.2 Å². The number of hydrogen-bond acceptors (Lipinski definition) is 2. The second-order valence-electron chi connectivity index (χ2n) is 4.43. The molecule has 0 heterocycles. The molecule has 0 spiro atoms. The predicted octanol–water partition coefficient (Wildman–Crippen LogP) is 3.05. The first-order chi connectivity index (χ1) is 8.32. The highest BCUT2D eigenvalue weighted by molar-refractivity contribution is 5.26. The standard InChI is InChI=1S/C13H17F3N2/c1-9(2)6-12(18-17)8-10-4-3-5-11(7-10)13(14,15)16/h3-5,7,12,18H,1,6,8,17H2,2H3. The van der Waals surface area contributed by atoms with Crippen molar-refractivity contribution in [2.75, 3.05) is 0 Å². The van der Waals surface area contributed by atoms with Gasteiger partial charge in [0.2, 0.25) is 0 Å². The smallest absolute Gasteiger partial charge is 0.271 e. The van der Waals surface area contributed by atoms with Crippen molar-refractivity contribution in [1.82, 2.24) is 5.43 Å². The zero-order valence-corrected chi connectivity index (χ0v) is 10.2. The molecule has 0 fully saturated rings. The molecule has 1 unspecified atom stereocenters. The molecular formula is C13H17F3N2. The van der Waals surface area contributed by atoms with Gasteiger partial charge in [0.15, 0.2) is 0 Å². The topological polar surface area (TPSA) is 38.0 Å². The maximum absolute atomic E-state index is 12.5. The maximum Gasteiger partial charge on any atom is 0.416 e. The van der Waals surface area contributed by atoms with Crippen LogP contribution >= 0.6 is 0 Å². The molecular weight excluding hydrogens is 241 g/mol. The number of benzene rings is 1. The van der Waals surface area contributed by atoms with E-state index < -0.39 is 11.7 Å². The Kier molecular flexibility index (Phi) is 4.93.